The summed E-state index contributed by atoms with van der Waals surface area (Å²) in [6, 6.07) is 29.7. The zero-order valence-electron chi connectivity index (χ0n) is 21.4. The molecule has 2 amide bonds. The number of hydrogen-bond acceptors (Lipinski definition) is 5. The highest BCUT2D eigenvalue weighted by atomic mass is 16.5. The van der Waals surface area contributed by atoms with Gasteiger partial charge in [-0.3, -0.25) is 9.59 Å². The number of anilines is 1. The molecule has 2 aliphatic heterocycles. The Morgan fingerprint density at radius 2 is 1.50 bits per heavy atom. The highest BCUT2D eigenvalue weighted by Gasteiger charge is 2.66. The van der Waals surface area contributed by atoms with Gasteiger partial charge in [0.25, 0.3) is 5.91 Å². The number of carbonyl (C=O) groups is 2. The van der Waals surface area contributed by atoms with Gasteiger partial charge in [-0.2, -0.15) is 0 Å². The number of rotatable bonds is 6. The molecule has 0 saturated carbocycles. The molecule has 7 heteroatoms. The Balaban J connectivity index is 1.49. The van der Waals surface area contributed by atoms with E-state index in [4.69, 9.17) is 4.74 Å². The standard InChI is InChI=1S/C31H28N4O3/c1-21-19-22(2)33-30(32-21)38-28-29(37)35-20-27(36)34(18-17-23-11-5-3-6-12-23)26-16-10-9-15-25(26)31(28,35)24-13-7-4-8-14-24/h3-16,19,28H,17-18,20H2,1-2H3. The first-order valence-electron chi connectivity index (χ1n) is 12.8. The van der Waals surface area contributed by atoms with Crippen LogP contribution in [0.4, 0.5) is 5.69 Å². The van der Waals surface area contributed by atoms with Crippen LogP contribution < -0.4 is 9.64 Å². The van der Waals surface area contributed by atoms with Crippen molar-refractivity contribution >= 4 is 17.5 Å². The molecule has 0 aliphatic carbocycles. The van der Waals surface area contributed by atoms with Crippen LogP contribution in [0.3, 0.4) is 0 Å². The minimum atomic E-state index is -1.01. The van der Waals surface area contributed by atoms with Gasteiger partial charge >= 0.3 is 6.01 Å². The Bertz CT molecular complexity index is 1490. The smallest absolute Gasteiger partial charge is 0.317 e. The van der Waals surface area contributed by atoms with E-state index in [2.05, 4.69) is 22.1 Å². The molecule has 7 nitrogen and oxygen atoms in total. The Hall–Kier alpha value is -4.52. The number of β-lactam (4-membered cyclic amide) rings is 1. The summed E-state index contributed by atoms with van der Waals surface area (Å²) in [4.78, 5) is 39.8. The van der Waals surface area contributed by atoms with Crippen LogP contribution in [0.25, 0.3) is 0 Å². The fraction of sp³-hybridized carbons (Fsp3) is 0.226. The van der Waals surface area contributed by atoms with Gasteiger partial charge in [-0.25, -0.2) is 9.97 Å². The second-order valence-corrected chi connectivity index (χ2v) is 9.79. The highest BCUT2D eigenvalue weighted by Crippen LogP contribution is 2.52. The molecule has 2 atom stereocenters. The van der Waals surface area contributed by atoms with Gasteiger partial charge in [0.1, 0.15) is 12.1 Å². The molecule has 1 saturated heterocycles. The van der Waals surface area contributed by atoms with Gasteiger partial charge in [0.15, 0.2) is 0 Å². The van der Waals surface area contributed by atoms with Crippen molar-refractivity contribution in [2.24, 2.45) is 0 Å². The molecule has 2 unspecified atom stereocenters. The van der Waals surface area contributed by atoms with Gasteiger partial charge < -0.3 is 14.5 Å². The van der Waals surface area contributed by atoms with E-state index in [-0.39, 0.29) is 24.4 Å². The third-order valence-electron chi connectivity index (χ3n) is 7.36. The fourth-order valence-electron chi connectivity index (χ4n) is 5.72. The maximum Gasteiger partial charge on any atom is 0.317 e. The quantitative estimate of drug-likeness (QED) is 0.368. The van der Waals surface area contributed by atoms with Crippen molar-refractivity contribution in [1.82, 2.24) is 14.9 Å². The summed E-state index contributed by atoms with van der Waals surface area (Å²) in [5.41, 5.74) is 4.15. The first kappa shape index (κ1) is 23.9. The van der Waals surface area contributed by atoms with Crippen molar-refractivity contribution in [3.63, 3.8) is 0 Å². The van der Waals surface area contributed by atoms with Crippen molar-refractivity contribution in [2.45, 2.75) is 31.9 Å². The van der Waals surface area contributed by atoms with Crippen LogP contribution in [0.1, 0.15) is 28.1 Å². The first-order valence-corrected chi connectivity index (χ1v) is 12.8. The third kappa shape index (κ3) is 3.82. The van der Waals surface area contributed by atoms with Crippen LogP contribution in [0, 0.1) is 13.8 Å². The maximum atomic E-state index is 13.7. The second-order valence-electron chi connectivity index (χ2n) is 9.79. The van der Waals surface area contributed by atoms with Gasteiger partial charge in [-0.05, 0) is 43.5 Å². The molecule has 1 aromatic heterocycles. The summed E-state index contributed by atoms with van der Waals surface area (Å²) >= 11 is 0. The van der Waals surface area contributed by atoms with E-state index < -0.39 is 11.6 Å². The van der Waals surface area contributed by atoms with Gasteiger partial charge in [-0.15, -0.1) is 0 Å². The Labute approximate surface area is 221 Å². The molecule has 1 fully saturated rings. The number of amides is 2. The van der Waals surface area contributed by atoms with E-state index in [1.807, 2.05) is 97.6 Å². The number of benzene rings is 3. The SMILES string of the molecule is Cc1cc(C)nc(OC2C(=O)N3CC(=O)N(CCc4ccccc4)c4ccccc4C23c2ccccc2)n1. The number of carbonyl (C=O) groups excluding carboxylic acids is 2. The van der Waals surface area contributed by atoms with Crippen LogP contribution in [0.5, 0.6) is 6.01 Å². The minimum Gasteiger partial charge on any atom is -0.447 e. The Morgan fingerprint density at radius 3 is 2.21 bits per heavy atom. The lowest BCUT2D eigenvalue weighted by Gasteiger charge is -2.55. The van der Waals surface area contributed by atoms with E-state index >= 15 is 0 Å². The zero-order valence-corrected chi connectivity index (χ0v) is 21.4. The number of hydrogen-bond donors (Lipinski definition) is 0. The molecule has 3 heterocycles. The van der Waals surface area contributed by atoms with Gasteiger partial charge in [0.2, 0.25) is 12.0 Å². The van der Waals surface area contributed by atoms with Crippen molar-refractivity contribution in [2.75, 3.05) is 18.0 Å². The predicted octanol–water partition coefficient (Wildman–Crippen LogP) is 4.22. The number of ether oxygens (including phenoxy) is 1. The average Bonchev–Trinajstić information content (AvgIpc) is 3.02. The van der Waals surface area contributed by atoms with Crippen molar-refractivity contribution in [3.05, 3.63) is 119 Å². The van der Waals surface area contributed by atoms with Crippen LogP contribution in [0.2, 0.25) is 0 Å². The zero-order chi connectivity index (χ0) is 26.3. The lowest BCUT2D eigenvalue weighted by atomic mass is 9.69. The first-order chi connectivity index (χ1) is 18.5. The lowest BCUT2D eigenvalue weighted by molar-refractivity contribution is -0.178. The molecular formula is C31H28N4O3. The van der Waals surface area contributed by atoms with Gasteiger partial charge in [0.05, 0.1) is 0 Å². The number of aryl methyl sites for hydroxylation is 2. The molecule has 190 valence electrons. The second kappa shape index (κ2) is 9.41. The summed E-state index contributed by atoms with van der Waals surface area (Å²) in [6.07, 6.45) is -0.224. The average molecular weight is 505 g/mol. The molecule has 0 N–H and O–H groups in total. The van der Waals surface area contributed by atoms with Crippen LogP contribution in [-0.2, 0) is 21.5 Å². The number of aromatic nitrogens is 2. The molecule has 6 rings (SSSR count). The van der Waals surface area contributed by atoms with Crippen LogP contribution in [0.15, 0.2) is 91.0 Å². The number of fused-ring (bicyclic) bond motifs is 3. The molecule has 2 aliphatic rings. The van der Waals surface area contributed by atoms with E-state index in [1.54, 1.807) is 4.90 Å². The predicted molar refractivity (Wildman–Crippen MR) is 144 cm³/mol. The normalized spacial score (nSPS) is 20.3. The number of para-hydroxylation sites is 1. The molecule has 0 spiro atoms. The summed E-state index contributed by atoms with van der Waals surface area (Å²) in [5, 5.41) is 0. The molecular weight excluding hydrogens is 476 g/mol. The molecule has 38 heavy (non-hydrogen) atoms. The molecule has 4 aromatic rings. The van der Waals surface area contributed by atoms with Crippen LogP contribution in [-0.4, -0.2) is 45.9 Å². The van der Waals surface area contributed by atoms with Gasteiger partial charge in [-0.1, -0.05) is 78.9 Å². The van der Waals surface area contributed by atoms with E-state index in [9.17, 15) is 9.59 Å². The fourth-order valence-corrected chi connectivity index (χ4v) is 5.72. The monoisotopic (exact) mass is 504 g/mol. The summed E-state index contributed by atoms with van der Waals surface area (Å²) in [5.74, 6) is -0.384. The molecule has 0 bridgehead atoms. The molecule has 3 aromatic carbocycles. The summed E-state index contributed by atoms with van der Waals surface area (Å²) in [6.45, 7) is 4.19. The third-order valence-corrected chi connectivity index (χ3v) is 7.36. The summed E-state index contributed by atoms with van der Waals surface area (Å²) < 4.78 is 6.32. The molecule has 0 radical (unpaired) electrons. The van der Waals surface area contributed by atoms with Crippen LogP contribution >= 0.6 is 0 Å². The largest absolute Gasteiger partial charge is 0.447 e. The van der Waals surface area contributed by atoms with Crippen molar-refractivity contribution in [3.8, 4) is 6.01 Å². The lowest BCUT2D eigenvalue weighted by Crippen LogP contribution is -2.74. The van der Waals surface area contributed by atoms with Crippen molar-refractivity contribution in [1.29, 1.82) is 0 Å². The Kier molecular flexibility index (Phi) is 5.91. The minimum absolute atomic E-state index is 0.0508. The van der Waals surface area contributed by atoms with E-state index in [0.717, 1.165) is 33.8 Å². The van der Waals surface area contributed by atoms with E-state index in [0.29, 0.717) is 13.0 Å². The Morgan fingerprint density at radius 1 is 0.868 bits per heavy atom. The van der Waals surface area contributed by atoms with Gasteiger partial charge in [0, 0.05) is 29.2 Å². The highest BCUT2D eigenvalue weighted by molar-refractivity contribution is 6.04. The number of nitrogens with zero attached hydrogens (tertiary/aromatic N) is 4. The van der Waals surface area contributed by atoms with Crippen molar-refractivity contribution < 1.29 is 14.3 Å². The van der Waals surface area contributed by atoms with E-state index in [1.165, 1.54) is 0 Å². The topological polar surface area (TPSA) is 75.6 Å². The summed E-state index contributed by atoms with van der Waals surface area (Å²) in [7, 11) is 0. The maximum absolute atomic E-state index is 13.7.